The van der Waals surface area contributed by atoms with Gasteiger partial charge in [-0.2, -0.15) is 0 Å². The van der Waals surface area contributed by atoms with Crippen LogP contribution in [0.2, 0.25) is 0 Å². The topological polar surface area (TPSA) is 58.2 Å². The Hall–Kier alpha value is -2.57. The zero-order valence-corrected chi connectivity index (χ0v) is 17.0. The number of amides is 2. The predicted octanol–water partition coefficient (Wildman–Crippen LogP) is 4.87. The van der Waals surface area contributed by atoms with Crippen molar-refractivity contribution in [3.05, 3.63) is 81.5 Å². The van der Waals surface area contributed by atoms with Crippen LogP contribution in [-0.4, -0.2) is 17.6 Å². The Morgan fingerprint density at radius 2 is 2.00 bits per heavy atom. The number of thiophene rings is 1. The number of hydrogen-bond donors (Lipinski definition) is 2. The van der Waals surface area contributed by atoms with Crippen LogP contribution in [0.1, 0.15) is 39.3 Å². The van der Waals surface area contributed by atoms with Crippen LogP contribution in [0, 0.1) is 0 Å². The Labute approximate surface area is 172 Å². The lowest BCUT2D eigenvalue weighted by Crippen LogP contribution is -2.29. The van der Waals surface area contributed by atoms with Gasteiger partial charge >= 0.3 is 0 Å². The molecule has 2 aromatic carbocycles. The minimum atomic E-state index is -0.210. The molecule has 3 aromatic rings. The monoisotopic (exact) mass is 408 g/mol. The second-order valence-electron chi connectivity index (χ2n) is 6.56. The van der Waals surface area contributed by atoms with Crippen molar-refractivity contribution in [2.45, 2.75) is 24.3 Å². The van der Waals surface area contributed by atoms with Crippen molar-refractivity contribution in [3.63, 3.8) is 0 Å². The van der Waals surface area contributed by atoms with E-state index in [1.807, 2.05) is 29.6 Å². The molecular formula is C22H20N2O2S2. The van der Waals surface area contributed by atoms with Gasteiger partial charge in [0.2, 0.25) is 5.91 Å². The molecule has 142 valence electrons. The maximum Gasteiger partial charge on any atom is 0.252 e. The lowest BCUT2D eigenvalue weighted by atomic mass is 10.0. The van der Waals surface area contributed by atoms with Crippen molar-refractivity contribution < 1.29 is 9.59 Å². The number of hydrogen-bond acceptors (Lipinski definition) is 4. The number of carbonyl (C=O) groups is 2. The van der Waals surface area contributed by atoms with Gasteiger partial charge in [-0.05, 0) is 47.2 Å². The van der Waals surface area contributed by atoms with Crippen molar-refractivity contribution >= 4 is 40.6 Å². The summed E-state index contributed by atoms with van der Waals surface area (Å²) in [5, 5.41) is 8.02. The van der Waals surface area contributed by atoms with E-state index in [2.05, 4.69) is 41.8 Å². The van der Waals surface area contributed by atoms with Gasteiger partial charge in [-0.15, -0.1) is 23.1 Å². The highest BCUT2D eigenvalue weighted by Crippen LogP contribution is 2.32. The van der Waals surface area contributed by atoms with E-state index in [0.717, 1.165) is 21.8 Å². The van der Waals surface area contributed by atoms with Gasteiger partial charge in [-0.1, -0.05) is 37.3 Å². The third kappa shape index (κ3) is 3.98. The molecule has 4 rings (SSSR count). The van der Waals surface area contributed by atoms with E-state index in [1.165, 1.54) is 17.3 Å². The molecule has 0 radical (unpaired) electrons. The van der Waals surface area contributed by atoms with Crippen LogP contribution in [0.25, 0.3) is 0 Å². The molecule has 4 nitrogen and oxygen atoms in total. The van der Waals surface area contributed by atoms with Gasteiger partial charge in [-0.25, -0.2) is 0 Å². The number of thioether (sulfide) groups is 1. The normalized spacial score (nSPS) is 14.1. The Bertz CT molecular complexity index is 998. The summed E-state index contributed by atoms with van der Waals surface area (Å²) in [6.07, 6.45) is 0.981. The predicted molar refractivity (Wildman–Crippen MR) is 115 cm³/mol. The maximum atomic E-state index is 13.0. The van der Waals surface area contributed by atoms with Gasteiger partial charge in [0, 0.05) is 15.3 Å². The number of aryl methyl sites for hydroxylation is 1. The van der Waals surface area contributed by atoms with E-state index < -0.39 is 0 Å². The third-order valence-corrected chi connectivity index (χ3v) is 6.71. The largest absolute Gasteiger partial charge is 0.340 e. The summed E-state index contributed by atoms with van der Waals surface area (Å²) in [5.41, 5.74) is 3.56. The molecule has 2 amide bonds. The minimum absolute atomic E-state index is 0.0393. The number of rotatable bonds is 5. The highest BCUT2D eigenvalue weighted by Gasteiger charge is 2.21. The van der Waals surface area contributed by atoms with Crippen LogP contribution < -0.4 is 10.6 Å². The van der Waals surface area contributed by atoms with E-state index in [9.17, 15) is 9.59 Å². The Kier molecular flexibility index (Phi) is 5.50. The third-order valence-electron chi connectivity index (χ3n) is 4.70. The molecule has 1 aliphatic rings. The molecule has 6 heteroatoms. The Morgan fingerprint density at radius 3 is 2.71 bits per heavy atom. The molecule has 0 saturated carbocycles. The molecule has 0 spiro atoms. The van der Waals surface area contributed by atoms with Crippen molar-refractivity contribution in [2.75, 3.05) is 11.1 Å². The maximum absolute atomic E-state index is 13.0. The Morgan fingerprint density at radius 1 is 1.18 bits per heavy atom. The van der Waals surface area contributed by atoms with Crippen molar-refractivity contribution in [1.29, 1.82) is 0 Å². The van der Waals surface area contributed by atoms with Gasteiger partial charge in [0.1, 0.15) is 0 Å². The Balaban J connectivity index is 1.60. The molecule has 2 N–H and O–H groups in total. The van der Waals surface area contributed by atoms with E-state index in [1.54, 1.807) is 17.4 Å². The SMILES string of the molecule is CCc1ccc([C@@H](NC(=O)c2ccc3c(c2)NC(=O)CS3)c2cccs2)cc1. The second-order valence-corrected chi connectivity index (χ2v) is 8.56. The van der Waals surface area contributed by atoms with Crippen molar-refractivity contribution in [2.24, 2.45) is 0 Å². The average molecular weight is 409 g/mol. The van der Waals surface area contributed by atoms with Crippen molar-refractivity contribution in [1.82, 2.24) is 5.32 Å². The molecule has 0 aliphatic carbocycles. The highest BCUT2D eigenvalue weighted by molar-refractivity contribution is 8.00. The summed E-state index contributed by atoms with van der Waals surface area (Å²) in [5.74, 6) is 0.209. The molecule has 0 saturated heterocycles. The summed E-state index contributed by atoms with van der Waals surface area (Å²) in [6, 6.07) is 17.6. The molecule has 0 fully saturated rings. The first-order chi connectivity index (χ1) is 13.6. The van der Waals surface area contributed by atoms with E-state index >= 15 is 0 Å². The molecule has 1 aliphatic heterocycles. The standard InChI is InChI=1S/C22H20N2O2S2/c1-2-14-5-7-15(8-6-14)21(19-4-3-11-27-19)24-22(26)16-9-10-18-17(12-16)23-20(25)13-28-18/h3-12,21H,2,13H2,1H3,(H,23,25)(H,24,26)/t21-/m1/s1. The number of fused-ring (bicyclic) bond motifs is 1. The molecule has 1 atom stereocenters. The van der Waals surface area contributed by atoms with Crippen LogP contribution >= 0.6 is 23.1 Å². The highest BCUT2D eigenvalue weighted by atomic mass is 32.2. The zero-order chi connectivity index (χ0) is 19.5. The lowest BCUT2D eigenvalue weighted by Gasteiger charge is -2.20. The summed E-state index contributed by atoms with van der Waals surface area (Å²) in [6.45, 7) is 2.13. The number of anilines is 1. The number of benzene rings is 2. The lowest BCUT2D eigenvalue weighted by molar-refractivity contribution is -0.113. The molecule has 0 unspecified atom stereocenters. The van der Waals surface area contributed by atoms with Crippen LogP contribution in [0.15, 0.2) is 64.9 Å². The van der Waals surface area contributed by atoms with Gasteiger partial charge in [-0.3, -0.25) is 9.59 Å². The molecule has 28 heavy (non-hydrogen) atoms. The average Bonchev–Trinajstić information content (AvgIpc) is 3.26. The summed E-state index contributed by atoms with van der Waals surface area (Å²) < 4.78 is 0. The van der Waals surface area contributed by atoms with Crippen LogP contribution in [0.3, 0.4) is 0 Å². The zero-order valence-electron chi connectivity index (χ0n) is 15.4. The molecular weight excluding hydrogens is 388 g/mol. The second kappa shape index (κ2) is 8.20. The fourth-order valence-corrected chi connectivity index (χ4v) is 4.75. The fourth-order valence-electron chi connectivity index (χ4n) is 3.16. The smallest absolute Gasteiger partial charge is 0.252 e. The fraction of sp³-hybridized carbons (Fsp3) is 0.182. The molecule has 1 aromatic heterocycles. The van der Waals surface area contributed by atoms with Gasteiger partial charge in [0.05, 0.1) is 17.5 Å². The first-order valence-electron chi connectivity index (χ1n) is 9.14. The summed E-state index contributed by atoms with van der Waals surface area (Å²) >= 11 is 3.11. The quantitative estimate of drug-likeness (QED) is 0.633. The van der Waals surface area contributed by atoms with E-state index in [4.69, 9.17) is 0 Å². The van der Waals surface area contributed by atoms with Gasteiger partial charge in [0.15, 0.2) is 0 Å². The van der Waals surface area contributed by atoms with Crippen LogP contribution in [0.5, 0.6) is 0 Å². The van der Waals surface area contributed by atoms with E-state index in [-0.39, 0.29) is 17.9 Å². The summed E-state index contributed by atoms with van der Waals surface area (Å²) in [7, 11) is 0. The van der Waals surface area contributed by atoms with Crippen LogP contribution in [0.4, 0.5) is 5.69 Å². The minimum Gasteiger partial charge on any atom is -0.340 e. The summed E-state index contributed by atoms with van der Waals surface area (Å²) in [4.78, 5) is 26.7. The first kappa shape index (κ1) is 18.8. The van der Waals surface area contributed by atoms with Crippen molar-refractivity contribution in [3.8, 4) is 0 Å². The van der Waals surface area contributed by atoms with E-state index in [0.29, 0.717) is 17.0 Å². The molecule has 2 heterocycles. The number of carbonyl (C=O) groups excluding carboxylic acids is 2. The van der Waals surface area contributed by atoms with Crippen LogP contribution in [-0.2, 0) is 11.2 Å². The van der Waals surface area contributed by atoms with Gasteiger partial charge < -0.3 is 10.6 Å². The number of nitrogens with one attached hydrogen (secondary N) is 2. The first-order valence-corrected chi connectivity index (χ1v) is 11.0. The molecule has 0 bridgehead atoms. The van der Waals surface area contributed by atoms with Gasteiger partial charge in [0.25, 0.3) is 5.91 Å².